The lowest BCUT2D eigenvalue weighted by atomic mass is 10.1. The predicted octanol–water partition coefficient (Wildman–Crippen LogP) is 2.25. The Morgan fingerprint density at radius 3 is 2.50 bits per heavy atom. The quantitative estimate of drug-likeness (QED) is 0.344. The predicted molar refractivity (Wildman–Crippen MR) is 71.4 cm³/mol. The molecule has 0 aliphatic carbocycles. The van der Waals surface area contributed by atoms with Crippen LogP contribution in [-0.2, 0) is 0 Å². The fourth-order valence-electron chi connectivity index (χ4n) is 1.40. The lowest BCUT2D eigenvalue weighted by Gasteiger charge is -2.16. The van der Waals surface area contributed by atoms with Crippen LogP contribution in [0.4, 0.5) is 0 Å². The first-order valence-electron chi connectivity index (χ1n) is 5.23. The molecule has 1 rings (SSSR count). The number of halogens is 2. The molecule has 1 unspecified atom stereocenters. The number of oxime groups is 1. The van der Waals surface area contributed by atoms with Gasteiger partial charge < -0.3 is 16.3 Å². The zero-order valence-corrected chi connectivity index (χ0v) is 11.2. The number of hydrogen-bond acceptors (Lipinski definition) is 3. The van der Waals surface area contributed by atoms with Gasteiger partial charge in [-0.3, -0.25) is 4.79 Å². The van der Waals surface area contributed by atoms with E-state index in [0.717, 1.165) is 0 Å². The van der Waals surface area contributed by atoms with Crippen molar-refractivity contribution < 1.29 is 10.0 Å². The van der Waals surface area contributed by atoms with Gasteiger partial charge in [-0.15, -0.1) is 0 Å². The van der Waals surface area contributed by atoms with E-state index in [1.54, 1.807) is 25.1 Å². The number of nitrogens with one attached hydrogen (secondary N) is 1. The summed E-state index contributed by atoms with van der Waals surface area (Å²) >= 11 is 11.8. The van der Waals surface area contributed by atoms with Crippen molar-refractivity contribution in [2.75, 3.05) is 0 Å². The molecule has 0 heterocycles. The second-order valence-corrected chi connectivity index (χ2v) is 4.37. The summed E-state index contributed by atoms with van der Waals surface area (Å²) in [5.74, 6) is -0.543. The fourth-order valence-corrected chi connectivity index (χ4v) is 1.97. The highest BCUT2D eigenvalue weighted by atomic mass is 35.5. The number of benzene rings is 1. The molecule has 1 aromatic carbocycles. The van der Waals surface area contributed by atoms with Gasteiger partial charge in [0, 0.05) is 0 Å². The van der Waals surface area contributed by atoms with Crippen molar-refractivity contribution in [3.05, 3.63) is 33.8 Å². The topological polar surface area (TPSA) is 87.7 Å². The highest BCUT2D eigenvalue weighted by molar-refractivity contribution is 6.39. The van der Waals surface area contributed by atoms with Gasteiger partial charge in [-0.25, -0.2) is 0 Å². The van der Waals surface area contributed by atoms with Crippen LogP contribution in [0.25, 0.3) is 0 Å². The average molecular weight is 290 g/mol. The highest BCUT2D eigenvalue weighted by Crippen LogP contribution is 2.24. The van der Waals surface area contributed by atoms with Crippen LogP contribution >= 0.6 is 23.2 Å². The minimum Gasteiger partial charge on any atom is -0.409 e. The number of amides is 1. The number of amidine groups is 1. The molecule has 1 amide bonds. The van der Waals surface area contributed by atoms with Crippen LogP contribution in [0.5, 0.6) is 0 Å². The lowest BCUT2D eigenvalue weighted by Crippen LogP contribution is -2.44. The van der Waals surface area contributed by atoms with E-state index in [4.69, 9.17) is 34.1 Å². The van der Waals surface area contributed by atoms with E-state index < -0.39 is 11.9 Å². The normalized spacial score (nSPS) is 13.2. The standard InChI is InChI=1S/C11H13Cl2N3O2/c1-2-8(10(14)16-18)15-11(17)9-6(12)4-3-5-7(9)13/h3-5,8,18H,2H2,1H3,(H2,14,16)(H,15,17). The van der Waals surface area contributed by atoms with Gasteiger partial charge in [-0.05, 0) is 18.6 Å². The lowest BCUT2D eigenvalue weighted by molar-refractivity contribution is 0.0946. The Balaban J connectivity index is 2.95. The third-order valence-electron chi connectivity index (χ3n) is 2.38. The highest BCUT2D eigenvalue weighted by Gasteiger charge is 2.19. The summed E-state index contributed by atoms with van der Waals surface area (Å²) in [6, 6.07) is 4.19. The second kappa shape index (κ2) is 6.47. The Kier molecular flexibility index (Phi) is 5.25. The molecule has 5 nitrogen and oxygen atoms in total. The fraction of sp³-hybridized carbons (Fsp3) is 0.273. The summed E-state index contributed by atoms with van der Waals surface area (Å²) < 4.78 is 0. The van der Waals surface area contributed by atoms with Crippen molar-refractivity contribution in [1.29, 1.82) is 0 Å². The Bertz CT molecular complexity index is 457. The van der Waals surface area contributed by atoms with Gasteiger partial charge in [-0.1, -0.05) is 41.3 Å². The van der Waals surface area contributed by atoms with Crippen LogP contribution in [0, 0.1) is 0 Å². The Morgan fingerprint density at radius 2 is 2.06 bits per heavy atom. The largest absolute Gasteiger partial charge is 0.409 e. The molecule has 1 aromatic rings. The van der Waals surface area contributed by atoms with Crippen LogP contribution in [-0.4, -0.2) is 23.0 Å². The minimum absolute atomic E-state index is 0.0750. The summed E-state index contributed by atoms with van der Waals surface area (Å²) in [6.07, 6.45) is 0.476. The van der Waals surface area contributed by atoms with Crippen molar-refractivity contribution in [3.63, 3.8) is 0 Å². The maximum absolute atomic E-state index is 12.0. The van der Waals surface area contributed by atoms with E-state index >= 15 is 0 Å². The SMILES string of the molecule is CCC(NC(=O)c1c(Cl)cccc1Cl)/C(N)=N/O. The maximum atomic E-state index is 12.0. The molecule has 0 aliphatic heterocycles. The van der Waals surface area contributed by atoms with Crippen molar-refractivity contribution in [3.8, 4) is 0 Å². The monoisotopic (exact) mass is 289 g/mol. The summed E-state index contributed by atoms with van der Waals surface area (Å²) in [5.41, 5.74) is 5.62. The first-order valence-corrected chi connectivity index (χ1v) is 5.99. The average Bonchev–Trinajstić information content (AvgIpc) is 2.34. The number of rotatable bonds is 4. The van der Waals surface area contributed by atoms with Crippen LogP contribution < -0.4 is 11.1 Å². The van der Waals surface area contributed by atoms with E-state index in [1.807, 2.05) is 0 Å². The van der Waals surface area contributed by atoms with E-state index in [2.05, 4.69) is 10.5 Å². The van der Waals surface area contributed by atoms with E-state index in [-0.39, 0.29) is 21.4 Å². The molecule has 0 fully saturated rings. The molecule has 7 heteroatoms. The molecular weight excluding hydrogens is 277 g/mol. The van der Waals surface area contributed by atoms with Gasteiger partial charge in [0.25, 0.3) is 5.91 Å². The maximum Gasteiger partial charge on any atom is 0.254 e. The number of nitrogens with zero attached hydrogens (tertiary/aromatic N) is 1. The number of nitrogens with two attached hydrogens (primary N) is 1. The molecule has 0 saturated carbocycles. The molecular formula is C11H13Cl2N3O2. The molecule has 4 N–H and O–H groups in total. The van der Waals surface area contributed by atoms with Gasteiger partial charge in [-0.2, -0.15) is 0 Å². The molecule has 0 saturated heterocycles. The van der Waals surface area contributed by atoms with Gasteiger partial charge >= 0.3 is 0 Å². The van der Waals surface area contributed by atoms with Gasteiger partial charge in [0.05, 0.1) is 21.7 Å². The molecule has 0 aromatic heterocycles. The zero-order valence-electron chi connectivity index (χ0n) is 9.65. The van der Waals surface area contributed by atoms with Crippen molar-refractivity contribution in [2.45, 2.75) is 19.4 Å². The van der Waals surface area contributed by atoms with Crippen LogP contribution in [0.2, 0.25) is 10.0 Å². The van der Waals surface area contributed by atoms with Crippen molar-refractivity contribution in [1.82, 2.24) is 5.32 Å². The first kappa shape index (κ1) is 14.6. The molecule has 18 heavy (non-hydrogen) atoms. The molecule has 0 aliphatic rings. The third kappa shape index (κ3) is 3.27. The molecule has 0 bridgehead atoms. The summed E-state index contributed by atoms with van der Waals surface area (Å²) in [7, 11) is 0. The van der Waals surface area contributed by atoms with Crippen LogP contribution in [0.3, 0.4) is 0 Å². The summed E-state index contributed by atoms with van der Waals surface area (Å²) in [5, 5.41) is 14.5. The van der Waals surface area contributed by atoms with E-state index in [0.29, 0.717) is 6.42 Å². The van der Waals surface area contributed by atoms with Gasteiger partial charge in [0.2, 0.25) is 0 Å². The zero-order chi connectivity index (χ0) is 13.7. The van der Waals surface area contributed by atoms with Gasteiger partial charge in [0.1, 0.15) is 0 Å². The molecule has 1 atom stereocenters. The molecule has 0 spiro atoms. The number of hydrogen-bond donors (Lipinski definition) is 3. The molecule has 0 radical (unpaired) electrons. The summed E-state index contributed by atoms with van der Waals surface area (Å²) in [4.78, 5) is 12.0. The second-order valence-electron chi connectivity index (χ2n) is 3.56. The Morgan fingerprint density at radius 1 is 1.50 bits per heavy atom. The van der Waals surface area contributed by atoms with E-state index in [9.17, 15) is 4.79 Å². The van der Waals surface area contributed by atoms with Crippen LogP contribution in [0.1, 0.15) is 23.7 Å². The first-order chi connectivity index (χ1) is 8.51. The third-order valence-corrected chi connectivity index (χ3v) is 3.01. The summed E-state index contributed by atoms with van der Waals surface area (Å²) in [6.45, 7) is 1.79. The van der Waals surface area contributed by atoms with Crippen LogP contribution in [0.15, 0.2) is 23.4 Å². The van der Waals surface area contributed by atoms with Crippen molar-refractivity contribution in [2.24, 2.45) is 10.9 Å². The Hall–Kier alpha value is -1.46. The Labute approximate surface area is 115 Å². The van der Waals surface area contributed by atoms with Gasteiger partial charge in [0.15, 0.2) is 5.84 Å². The van der Waals surface area contributed by atoms with Crippen molar-refractivity contribution >= 4 is 34.9 Å². The minimum atomic E-state index is -0.574. The smallest absolute Gasteiger partial charge is 0.254 e. The number of carbonyl (C=O) groups is 1. The molecule has 98 valence electrons. The van der Waals surface area contributed by atoms with E-state index in [1.165, 1.54) is 0 Å². The number of carbonyl (C=O) groups excluding carboxylic acids is 1.